The number of hydrogen-bond donors (Lipinski definition) is 2. The predicted octanol–water partition coefficient (Wildman–Crippen LogP) is 2.36. The van der Waals surface area contributed by atoms with Crippen molar-refractivity contribution in [3.8, 4) is 0 Å². The summed E-state index contributed by atoms with van der Waals surface area (Å²) in [7, 11) is 0. The van der Waals surface area contributed by atoms with Crippen molar-refractivity contribution < 1.29 is 14.7 Å². The van der Waals surface area contributed by atoms with E-state index in [2.05, 4.69) is 24.1 Å². The van der Waals surface area contributed by atoms with Crippen molar-refractivity contribution in [2.75, 3.05) is 11.9 Å². The maximum absolute atomic E-state index is 12.3. The maximum atomic E-state index is 12.3. The minimum atomic E-state index is -0.921. The van der Waals surface area contributed by atoms with Crippen molar-refractivity contribution in [1.82, 2.24) is 9.88 Å². The van der Waals surface area contributed by atoms with Crippen LogP contribution in [0.25, 0.3) is 0 Å². The largest absolute Gasteiger partial charge is 0.481 e. The molecule has 2 atom stereocenters. The lowest BCUT2D eigenvalue weighted by molar-refractivity contribution is -0.136. The van der Waals surface area contributed by atoms with Crippen molar-refractivity contribution >= 4 is 17.7 Å². The molecular weight excluding hydrogens is 270 g/mol. The summed E-state index contributed by atoms with van der Waals surface area (Å²) in [6.07, 6.45) is 3.55. The van der Waals surface area contributed by atoms with Crippen molar-refractivity contribution in [1.29, 1.82) is 0 Å². The minimum absolute atomic E-state index is 0.116. The first-order valence-electron chi connectivity index (χ1n) is 7.21. The number of carbonyl (C=O) groups excluding carboxylic acids is 1. The summed E-state index contributed by atoms with van der Waals surface area (Å²) in [4.78, 5) is 28.8. The fourth-order valence-corrected chi connectivity index (χ4v) is 2.58. The number of pyridine rings is 1. The number of amides is 2. The van der Waals surface area contributed by atoms with E-state index in [-0.39, 0.29) is 18.5 Å². The molecule has 1 aromatic heterocycles. The molecule has 114 valence electrons. The van der Waals surface area contributed by atoms with Gasteiger partial charge in [-0.15, -0.1) is 0 Å². The van der Waals surface area contributed by atoms with Crippen LogP contribution >= 0.6 is 0 Å². The molecule has 0 aromatic carbocycles. The summed E-state index contributed by atoms with van der Waals surface area (Å²) in [6.45, 7) is 4.99. The molecule has 6 heteroatoms. The molecule has 0 bridgehead atoms. The van der Waals surface area contributed by atoms with E-state index in [4.69, 9.17) is 5.11 Å². The number of urea groups is 1. The van der Waals surface area contributed by atoms with Gasteiger partial charge >= 0.3 is 12.0 Å². The van der Waals surface area contributed by atoms with Crippen LogP contribution in [-0.4, -0.2) is 39.6 Å². The lowest BCUT2D eigenvalue weighted by atomic mass is 9.92. The van der Waals surface area contributed by atoms with Gasteiger partial charge in [0.2, 0.25) is 0 Å². The van der Waals surface area contributed by atoms with Crippen LogP contribution in [0.3, 0.4) is 0 Å². The van der Waals surface area contributed by atoms with Gasteiger partial charge in [0.1, 0.15) is 0 Å². The second-order valence-electron chi connectivity index (χ2n) is 5.59. The minimum Gasteiger partial charge on any atom is -0.481 e. The summed E-state index contributed by atoms with van der Waals surface area (Å²) in [6, 6.07) is 3.40. The number of hydrogen-bond acceptors (Lipinski definition) is 3. The number of aromatic nitrogens is 1. The van der Waals surface area contributed by atoms with Crippen molar-refractivity contribution in [3.05, 3.63) is 24.0 Å². The molecule has 1 aliphatic rings. The molecule has 21 heavy (non-hydrogen) atoms. The first-order chi connectivity index (χ1) is 9.97. The summed E-state index contributed by atoms with van der Waals surface area (Å²) in [5.74, 6) is -0.420. The predicted molar refractivity (Wildman–Crippen MR) is 79.2 cm³/mol. The number of carboxylic acid groups (broad SMARTS) is 1. The second kappa shape index (κ2) is 6.56. The number of likely N-dealkylation sites (tertiary alicyclic amines) is 1. The summed E-state index contributed by atoms with van der Waals surface area (Å²) < 4.78 is 0. The Morgan fingerprint density at radius 3 is 2.81 bits per heavy atom. The molecule has 1 aromatic rings. The highest BCUT2D eigenvalue weighted by molar-refractivity contribution is 5.89. The number of carboxylic acids is 1. The Morgan fingerprint density at radius 1 is 1.43 bits per heavy atom. The number of nitrogens with zero attached hydrogens (tertiary/aromatic N) is 2. The van der Waals surface area contributed by atoms with Crippen molar-refractivity contribution in [2.24, 2.45) is 5.92 Å². The lowest BCUT2D eigenvalue weighted by Crippen LogP contribution is -2.47. The molecule has 2 rings (SSSR count). The molecule has 6 nitrogen and oxygen atoms in total. The summed E-state index contributed by atoms with van der Waals surface area (Å²) in [5, 5.41) is 11.5. The van der Waals surface area contributed by atoms with Crippen molar-refractivity contribution in [3.63, 3.8) is 0 Å². The lowest BCUT2D eigenvalue weighted by Gasteiger charge is -2.37. The van der Waals surface area contributed by atoms with Crippen LogP contribution in [0, 0.1) is 5.92 Å². The molecule has 2 heterocycles. The molecule has 1 aliphatic heterocycles. The quantitative estimate of drug-likeness (QED) is 0.895. The third kappa shape index (κ3) is 3.93. The van der Waals surface area contributed by atoms with Crippen molar-refractivity contribution in [2.45, 2.75) is 39.2 Å². The number of carbonyl (C=O) groups is 2. The second-order valence-corrected chi connectivity index (χ2v) is 5.59. The summed E-state index contributed by atoms with van der Waals surface area (Å²) >= 11 is 0. The van der Waals surface area contributed by atoms with Crippen LogP contribution in [0.15, 0.2) is 18.3 Å². The average molecular weight is 291 g/mol. The molecule has 1 saturated heterocycles. The molecule has 2 N–H and O–H groups in total. The monoisotopic (exact) mass is 291 g/mol. The Kier molecular flexibility index (Phi) is 4.77. The van der Waals surface area contributed by atoms with Gasteiger partial charge in [-0.1, -0.05) is 6.92 Å². The number of anilines is 1. The maximum Gasteiger partial charge on any atom is 0.322 e. The molecule has 1 fully saturated rings. The Bertz CT molecular complexity index is 515. The van der Waals surface area contributed by atoms with E-state index in [1.165, 1.54) is 6.20 Å². The molecule has 0 aliphatic carbocycles. The number of rotatable bonds is 3. The van der Waals surface area contributed by atoms with Crippen LogP contribution in [0.2, 0.25) is 0 Å². The highest BCUT2D eigenvalue weighted by atomic mass is 16.4. The molecule has 2 amide bonds. The SMILES string of the molecule is CC1CCCN(C(=O)Nc2ccc(CC(=O)O)nc2)C1C. The fourth-order valence-electron chi connectivity index (χ4n) is 2.58. The zero-order valence-electron chi connectivity index (χ0n) is 12.4. The van der Waals surface area contributed by atoms with E-state index in [1.807, 2.05) is 4.90 Å². The molecule has 0 saturated carbocycles. The zero-order valence-corrected chi connectivity index (χ0v) is 12.4. The van der Waals surface area contributed by atoms with Crippen LogP contribution < -0.4 is 5.32 Å². The van der Waals surface area contributed by atoms with Crippen LogP contribution in [-0.2, 0) is 11.2 Å². The Hall–Kier alpha value is -2.11. The molecule has 0 radical (unpaired) electrons. The number of piperidine rings is 1. The van der Waals surface area contributed by atoms with Gasteiger partial charge in [0.15, 0.2) is 0 Å². The van der Waals surface area contributed by atoms with Gasteiger partial charge in [0, 0.05) is 12.6 Å². The average Bonchev–Trinajstić information content (AvgIpc) is 2.43. The molecule has 2 unspecified atom stereocenters. The molecular formula is C15H21N3O3. The Labute approximate surface area is 124 Å². The number of aliphatic carboxylic acids is 1. The van der Waals surface area contributed by atoms with Gasteiger partial charge in [-0.25, -0.2) is 4.79 Å². The van der Waals surface area contributed by atoms with Crippen LogP contribution in [0.1, 0.15) is 32.4 Å². The van der Waals surface area contributed by atoms with Gasteiger partial charge in [-0.05, 0) is 37.8 Å². The van der Waals surface area contributed by atoms with E-state index in [0.29, 0.717) is 17.3 Å². The van der Waals surface area contributed by atoms with Crippen LogP contribution in [0.5, 0.6) is 0 Å². The van der Waals surface area contributed by atoms with E-state index < -0.39 is 5.97 Å². The standard InChI is InChI=1S/C15H21N3O3/c1-10-4-3-7-18(11(10)2)15(21)17-13-6-5-12(16-9-13)8-14(19)20/h5-6,9-11H,3-4,7-8H2,1-2H3,(H,17,21)(H,19,20). The van der Waals surface area contributed by atoms with E-state index in [9.17, 15) is 9.59 Å². The van der Waals surface area contributed by atoms with E-state index in [1.54, 1.807) is 12.1 Å². The van der Waals surface area contributed by atoms with E-state index in [0.717, 1.165) is 19.4 Å². The van der Waals surface area contributed by atoms with Gasteiger partial charge in [-0.2, -0.15) is 0 Å². The fraction of sp³-hybridized carbons (Fsp3) is 0.533. The first-order valence-corrected chi connectivity index (χ1v) is 7.21. The highest BCUT2D eigenvalue weighted by Gasteiger charge is 2.28. The van der Waals surface area contributed by atoms with Gasteiger partial charge in [0.25, 0.3) is 0 Å². The first kappa shape index (κ1) is 15.3. The third-order valence-electron chi connectivity index (χ3n) is 4.04. The van der Waals surface area contributed by atoms with Crippen LogP contribution in [0.4, 0.5) is 10.5 Å². The van der Waals surface area contributed by atoms with Gasteiger partial charge < -0.3 is 15.3 Å². The number of nitrogens with one attached hydrogen (secondary N) is 1. The Morgan fingerprint density at radius 2 is 2.19 bits per heavy atom. The smallest absolute Gasteiger partial charge is 0.322 e. The van der Waals surface area contributed by atoms with Gasteiger partial charge in [0.05, 0.1) is 24.0 Å². The zero-order chi connectivity index (χ0) is 15.4. The topological polar surface area (TPSA) is 82.5 Å². The third-order valence-corrected chi connectivity index (χ3v) is 4.04. The highest BCUT2D eigenvalue weighted by Crippen LogP contribution is 2.23. The molecule has 0 spiro atoms. The van der Waals surface area contributed by atoms with E-state index >= 15 is 0 Å². The Balaban J connectivity index is 1.97. The van der Waals surface area contributed by atoms with Gasteiger partial charge in [-0.3, -0.25) is 9.78 Å². The normalized spacial score (nSPS) is 21.9. The summed E-state index contributed by atoms with van der Waals surface area (Å²) in [5.41, 5.74) is 1.06.